The maximum atomic E-state index is 10.2. The summed E-state index contributed by atoms with van der Waals surface area (Å²) in [6, 6.07) is 1.17. The van der Waals surface area contributed by atoms with Crippen molar-refractivity contribution in [1.82, 2.24) is 0 Å². The molecule has 1 rings (SSSR count). The molecule has 1 aliphatic carbocycles. The van der Waals surface area contributed by atoms with Crippen LogP contribution in [0.5, 0.6) is 0 Å². The zero-order valence-corrected chi connectivity index (χ0v) is 13.5. The molecule has 0 heterocycles. The summed E-state index contributed by atoms with van der Waals surface area (Å²) in [7, 11) is 4.64. The topological polar surface area (TPSA) is 20.2 Å². The van der Waals surface area contributed by atoms with Crippen LogP contribution in [0.2, 0.25) is 0 Å². The molecule has 17 heavy (non-hydrogen) atoms. The van der Waals surface area contributed by atoms with Gasteiger partial charge in [0.1, 0.15) is 12.1 Å². The fraction of sp³-hybridized carbons (Fsp3) is 1.00. The summed E-state index contributed by atoms with van der Waals surface area (Å²) in [6.45, 7) is 4.55. The van der Waals surface area contributed by atoms with Crippen molar-refractivity contribution in [2.45, 2.75) is 77.0 Å². The van der Waals surface area contributed by atoms with E-state index in [9.17, 15) is 5.11 Å². The minimum atomic E-state index is -0.0744. The number of hydrogen-bond donors (Lipinski definition) is 1. The molecule has 1 N–H and O–H groups in total. The van der Waals surface area contributed by atoms with Crippen LogP contribution in [-0.4, -0.2) is 41.9 Å². The van der Waals surface area contributed by atoms with Gasteiger partial charge in [-0.2, -0.15) is 0 Å². The van der Waals surface area contributed by atoms with Gasteiger partial charge in [-0.3, -0.25) is 0 Å². The largest absolute Gasteiger partial charge is 1.00 e. The van der Waals surface area contributed by atoms with Crippen LogP contribution < -0.4 is 17.0 Å². The van der Waals surface area contributed by atoms with Gasteiger partial charge in [0.2, 0.25) is 0 Å². The Morgan fingerprint density at radius 1 is 1.18 bits per heavy atom. The molecule has 1 fully saturated rings. The highest BCUT2D eigenvalue weighted by Gasteiger charge is 2.40. The third kappa shape index (κ3) is 4.22. The fourth-order valence-corrected chi connectivity index (χ4v) is 3.48. The molecule has 3 atom stereocenters. The Hall–Kier alpha value is 0.400. The van der Waals surface area contributed by atoms with Crippen molar-refractivity contribution in [3.05, 3.63) is 0 Å². The van der Waals surface area contributed by atoms with Crippen molar-refractivity contribution >= 4 is 0 Å². The van der Waals surface area contributed by atoms with Gasteiger partial charge in [0.05, 0.1) is 20.1 Å². The van der Waals surface area contributed by atoms with Crippen LogP contribution in [0.4, 0.5) is 0 Å². The van der Waals surface area contributed by atoms with Crippen LogP contribution in [0, 0.1) is 0 Å². The first-order chi connectivity index (χ1) is 7.54. The Labute approximate surface area is 118 Å². The van der Waals surface area contributed by atoms with Crippen LogP contribution >= 0.6 is 0 Å². The van der Waals surface area contributed by atoms with E-state index in [0.717, 1.165) is 10.9 Å². The van der Waals surface area contributed by atoms with Gasteiger partial charge >= 0.3 is 0 Å². The molecule has 0 bridgehead atoms. The highest BCUT2D eigenvalue weighted by Crippen LogP contribution is 2.30. The fourth-order valence-electron chi connectivity index (χ4n) is 3.48. The molecule has 0 aromatic heterocycles. The van der Waals surface area contributed by atoms with Crippen LogP contribution in [0.1, 0.15) is 58.8 Å². The van der Waals surface area contributed by atoms with Crippen molar-refractivity contribution in [2.75, 3.05) is 14.1 Å². The number of quaternary nitrogens is 1. The summed E-state index contributed by atoms with van der Waals surface area (Å²) in [5.74, 6) is 0. The molecular formula is C14H30BrNO. The highest BCUT2D eigenvalue weighted by molar-refractivity contribution is 4.77. The van der Waals surface area contributed by atoms with Crippen molar-refractivity contribution in [3.63, 3.8) is 0 Å². The van der Waals surface area contributed by atoms with Gasteiger partial charge in [-0.1, -0.05) is 26.7 Å². The zero-order chi connectivity index (χ0) is 12.2. The van der Waals surface area contributed by atoms with Crippen molar-refractivity contribution < 1.29 is 26.6 Å². The van der Waals surface area contributed by atoms with E-state index in [4.69, 9.17) is 0 Å². The van der Waals surface area contributed by atoms with Crippen molar-refractivity contribution in [3.8, 4) is 0 Å². The van der Waals surface area contributed by atoms with Crippen molar-refractivity contribution in [1.29, 1.82) is 0 Å². The predicted molar refractivity (Wildman–Crippen MR) is 69.4 cm³/mol. The first-order valence-electron chi connectivity index (χ1n) is 7.05. The number of rotatable bonds is 5. The quantitative estimate of drug-likeness (QED) is 0.706. The lowest BCUT2D eigenvalue weighted by atomic mass is 9.88. The zero-order valence-electron chi connectivity index (χ0n) is 12.0. The van der Waals surface area contributed by atoms with Gasteiger partial charge in [-0.05, 0) is 25.7 Å². The first kappa shape index (κ1) is 17.4. The molecule has 0 saturated heterocycles. The van der Waals surface area contributed by atoms with Gasteiger partial charge in [0.25, 0.3) is 0 Å². The summed E-state index contributed by atoms with van der Waals surface area (Å²) < 4.78 is 1.02. The maximum absolute atomic E-state index is 10.2. The summed E-state index contributed by atoms with van der Waals surface area (Å²) >= 11 is 0. The summed E-state index contributed by atoms with van der Waals surface area (Å²) in [5.41, 5.74) is 0. The second-order valence-electron chi connectivity index (χ2n) is 5.90. The van der Waals surface area contributed by atoms with E-state index in [2.05, 4.69) is 27.9 Å². The molecule has 0 aromatic carbocycles. The van der Waals surface area contributed by atoms with Gasteiger partial charge < -0.3 is 26.6 Å². The van der Waals surface area contributed by atoms with Crippen molar-refractivity contribution in [2.24, 2.45) is 0 Å². The molecule has 0 aromatic rings. The Kier molecular flexibility index (Phi) is 7.93. The summed E-state index contributed by atoms with van der Waals surface area (Å²) in [5, 5.41) is 10.2. The number of aliphatic hydroxyl groups excluding tert-OH is 1. The molecule has 0 aliphatic heterocycles. The molecule has 2 nitrogen and oxygen atoms in total. The van der Waals surface area contributed by atoms with Gasteiger partial charge in [-0.25, -0.2) is 0 Å². The Morgan fingerprint density at radius 3 is 2.24 bits per heavy atom. The minimum absolute atomic E-state index is 0. The molecule has 0 amide bonds. The smallest absolute Gasteiger partial charge is 0.115 e. The molecule has 3 unspecified atom stereocenters. The van der Waals surface area contributed by atoms with Crippen LogP contribution in [0.3, 0.4) is 0 Å². The molecular weight excluding hydrogens is 278 g/mol. The third-order valence-electron chi connectivity index (χ3n) is 4.58. The minimum Gasteiger partial charge on any atom is -1.00 e. The van der Waals surface area contributed by atoms with Crippen LogP contribution in [0.25, 0.3) is 0 Å². The lowest BCUT2D eigenvalue weighted by molar-refractivity contribution is -0.943. The molecule has 104 valence electrons. The molecule has 1 saturated carbocycles. The summed E-state index contributed by atoms with van der Waals surface area (Å²) in [4.78, 5) is 0. The lowest BCUT2D eigenvalue weighted by Crippen LogP contribution is -3.00. The monoisotopic (exact) mass is 307 g/mol. The maximum Gasteiger partial charge on any atom is 0.115 e. The third-order valence-corrected chi connectivity index (χ3v) is 4.58. The normalized spacial score (nSPS) is 27.4. The van der Waals surface area contributed by atoms with E-state index >= 15 is 0 Å². The average Bonchev–Trinajstić information content (AvgIpc) is 2.26. The number of halogens is 1. The second-order valence-corrected chi connectivity index (χ2v) is 5.90. The first-order valence-corrected chi connectivity index (χ1v) is 7.05. The Bertz CT molecular complexity index is 208. The predicted octanol–water partition coefficient (Wildman–Crippen LogP) is -0.0510. The average molecular weight is 308 g/mol. The molecule has 1 aliphatic rings. The highest BCUT2D eigenvalue weighted by atomic mass is 79.9. The Morgan fingerprint density at radius 2 is 1.76 bits per heavy atom. The van der Waals surface area contributed by atoms with E-state index in [-0.39, 0.29) is 23.1 Å². The van der Waals surface area contributed by atoms with Gasteiger partial charge in [0.15, 0.2) is 0 Å². The number of aliphatic hydroxyl groups is 1. The van der Waals surface area contributed by atoms with E-state index in [1.807, 2.05) is 0 Å². The lowest BCUT2D eigenvalue weighted by Gasteiger charge is -2.47. The van der Waals surface area contributed by atoms with E-state index in [1.54, 1.807) is 0 Å². The van der Waals surface area contributed by atoms with Gasteiger partial charge in [0, 0.05) is 6.42 Å². The second kappa shape index (κ2) is 7.75. The summed E-state index contributed by atoms with van der Waals surface area (Å²) in [6.07, 6.45) is 8.41. The number of hydrogen-bond acceptors (Lipinski definition) is 1. The molecule has 0 radical (unpaired) electrons. The number of nitrogens with zero attached hydrogens (tertiary/aromatic N) is 1. The number of likely N-dealkylation sites (N-methyl/N-ethyl adjacent to an activating group) is 1. The molecule has 3 heteroatoms. The van der Waals surface area contributed by atoms with E-state index < -0.39 is 0 Å². The van der Waals surface area contributed by atoms with Crippen LogP contribution in [0.15, 0.2) is 0 Å². The SMILES string of the molecule is CCCC(CC)[N+](C)(C)C1CCCCC1O.[Br-]. The van der Waals surface area contributed by atoms with E-state index in [1.165, 1.54) is 38.5 Å². The standard InChI is InChI=1S/C14H30NO.BrH/c1-5-9-12(6-2)15(3,4)13-10-7-8-11-14(13)16;/h12-14,16H,5-11H2,1-4H3;1H/q+1;/p-1. The van der Waals surface area contributed by atoms with E-state index in [0.29, 0.717) is 12.1 Å². The molecule has 0 spiro atoms. The van der Waals surface area contributed by atoms with Crippen LogP contribution in [-0.2, 0) is 0 Å². The Balaban J connectivity index is 0.00000256. The van der Waals surface area contributed by atoms with Gasteiger partial charge in [-0.15, -0.1) is 0 Å².